The van der Waals surface area contributed by atoms with Gasteiger partial charge in [-0.25, -0.2) is 8.78 Å². The van der Waals surface area contributed by atoms with E-state index in [1.165, 1.54) is 0 Å². The van der Waals surface area contributed by atoms with Gasteiger partial charge < -0.3 is 0 Å². The Hall–Kier alpha value is -1.25. The molecule has 0 aliphatic heterocycles. The van der Waals surface area contributed by atoms with Crippen LogP contribution in [-0.2, 0) is 0 Å². The first-order valence-electron chi connectivity index (χ1n) is 6.05. The summed E-state index contributed by atoms with van der Waals surface area (Å²) in [6.45, 7) is 0. The second kappa shape index (κ2) is 5.39. The van der Waals surface area contributed by atoms with Gasteiger partial charge in [-0.3, -0.25) is 4.79 Å². The van der Waals surface area contributed by atoms with E-state index in [9.17, 15) is 13.6 Å². The van der Waals surface area contributed by atoms with Gasteiger partial charge in [-0.1, -0.05) is 37.1 Å². The minimum absolute atomic E-state index is 0.0514. The van der Waals surface area contributed by atoms with Crippen LogP contribution in [0.3, 0.4) is 0 Å². The van der Waals surface area contributed by atoms with Crippen LogP contribution in [0.15, 0.2) is 24.3 Å². The lowest BCUT2D eigenvalue weighted by molar-refractivity contribution is 0.0430. The number of benzene rings is 1. The summed E-state index contributed by atoms with van der Waals surface area (Å²) in [5.41, 5.74) is 1.54. The van der Waals surface area contributed by atoms with Crippen molar-refractivity contribution in [1.82, 2.24) is 0 Å². The summed E-state index contributed by atoms with van der Waals surface area (Å²) in [6, 6.07) is 7.04. The lowest BCUT2D eigenvalue weighted by atomic mass is 9.75. The summed E-state index contributed by atoms with van der Waals surface area (Å²) in [6.07, 6.45) is 1.88. The standard InChI is InChI=1S/C14H16F2O/c15-14(16)13-4-2-1-3-12(13)11-7-5-10(9-17)6-8-11/h5-9,12-14H,1-4H2. The molecule has 0 saturated heterocycles. The van der Waals surface area contributed by atoms with Crippen molar-refractivity contribution in [3.8, 4) is 0 Å². The van der Waals surface area contributed by atoms with Crippen molar-refractivity contribution in [2.24, 2.45) is 5.92 Å². The number of aldehydes is 1. The van der Waals surface area contributed by atoms with Crippen molar-refractivity contribution < 1.29 is 13.6 Å². The van der Waals surface area contributed by atoms with Crippen LogP contribution < -0.4 is 0 Å². The van der Waals surface area contributed by atoms with Crippen molar-refractivity contribution in [3.63, 3.8) is 0 Å². The van der Waals surface area contributed by atoms with E-state index in [4.69, 9.17) is 0 Å². The minimum Gasteiger partial charge on any atom is -0.298 e. The normalized spacial score (nSPS) is 24.9. The van der Waals surface area contributed by atoms with Crippen LogP contribution >= 0.6 is 0 Å². The van der Waals surface area contributed by atoms with E-state index in [0.29, 0.717) is 12.0 Å². The highest BCUT2D eigenvalue weighted by Crippen LogP contribution is 2.40. The molecule has 2 rings (SSSR count). The highest BCUT2D eigenvalue weighted by molar-refractivity contribution is 5.74. The molecule has 0 heterocycles. The van der Waals surface area contributed by atoms with Crippen molar-refractivity contribution in [3.05, 3.63) is 35.4 Å². The maximum absolute atomic E-state index is 12.9. The lowest BCUT2D eigenvalue weighted by Crippen LogP contribution is -2.24. The van der Waals surface area contributed by atoms with E-state index in [0.717, 1.165) is 31.1 Å². The molecule has 1 fully saturated rings. The monoisotopic (exact) mass is 238 g/mol. The predicted molar refractivity (Wildman–Crippen MR) is 62.5 cm³/mol. The van der Waals surface area contributed by atoms with Gasteiger partial charge in [-0.05, 0) is 24.3 Å². The van der Waals surface area contributed by atoms with Crippen LogP contribution in [-0.4, -0.2) is 12.7 Å². The Morgan fingerprint density at radius 3 is 2.35 bits per heavy atom. The number of hydrogen-bond donors (Lipinski definition) is 0. The number of halogens is 2. The Labute approximate surface area is 99.8 Å². The van der Waals surface area contributed by atoms with Crippen LogP contribution in [0.5, 0.6) is 0 Å². The fourth-order valence-corrected chi connectivity index (χ4v) is 2.70. The number of carbonyl (C=O) groups is 1. The fraction of sp³-hybridized carbons (Fsp3) is 0.500. The van der Waals surface area contributed by atoms with E-state index in [1.807, 2.05) is 12.1 Å². The van der Waals surface area contributed by atoms with E-state index in [2.05, 4.69) is 0 Å². The first-order valence-corrected chi connectivity index (χ1v) is 6.05. The number of alkyl halides is 2. The molecule has 0 bridgehead atoms. The van der Waals surface area contributed by atoms with Crippen LogP contribution in [0.25, 0.3) is 0 Å². The van der Waals surface area contributed by atoms with Gasteiger partial charge in [0.25, 0.3) is 0 Å². The van der Waals surface area contributed by atoms with Gasteiger partial charge in [0.15, 0.2) is 0 Å². The summed E-state index contributed by atoms with van der Waals surface area (Å²) >= 11 is 0. The maximum Gasteiger partial charge on any atom is 0.242 e. The molecule has 17 heavy (non-hydrogen) atoms. The first kappa shape index (κ1) is 12.2. The average molecular weight is 238 g/mol. The summed E-state index contributed by atoms with van der Waals surface area (Å²) in [5, 5.41) is 0. The average Bonchev–Trinajstić information content (AvgIpc) is 2.39. The summed E-state index contributed by atoms with van der Waals surface area (Å²) in [5.74, 6) is -0.574. The maximum atomic E-state index is 12.9. The Morgan fingerprint density at radius 1 is 1.12 bits per heavy atom. The molecule has 92 valence electrons. The zero-order valence-corrected chi connectivity index (χ0v) is 9.61. The Balaban J connectivity index is 2.20. The zero-order chi connectivity index (χ0) is 12.3. The lowest BCUT2D eigenvalue weighted by Gasteiger charge is -2.31. The summed E-state index contributed by atoms with van der Waals surface area (Å²) < 4.78 is 25.9. The molecule has 1 aliphatic carbocycles. The highest BCUT2D eigenvalue weighted by atomic mass is 19.3. The van der Waals surface area contributed by atoms with Crippen molar-refractivity contribution in [1.29, 1.82) is 0 Å². The Morgan fingerprint density at radius 2 is 1.76 bits per heavy atom. The smallest absolute Gasteiger partial charge is 0.242 e. The van der Waals surface area contributed by atoms with Gasteiger partial charge in [0.05, 0.1) is 0 Å². The van der Waals surface area contributed by atoms with Gasteiger partial charge in [-0.2, -0.15) is 0 Å². The Bertz CT molecular complexity index is 372. The molecule has 0 aromatic heterocycles. The number of hydrogen-bond acceptors (Lipinski definition) is 1. The predicted octanol–water partition coefficient (Wildman–Crippen LogP) is 4.04. The molecule has 0 N–H and O–H groups in total. The molecule has 1 nitrogen and oxygen atoms in total. The van der Waals surface area contributed by atoms with Crippen LogP contribution in [0, 0.1) is 5.92 Å². The molecule has 3 heteroatoms. The molecular weight excluding hydrogens is 222 g/mol. The van der Waals surface area contributed by atoms with Crippen molar-refractivity contribution in [2.75, 3.05) is 0 Å². The third kappa shape index (κ3) is 2.71. The van der Waals surface area contributed by atoms with Gasteiger partial charge in [0, 0.05) is 11.5 Å². The third-order valence-corrected chi connectivity index (χ3v) is 3.64. The van der Waals surface area contributed by atoms with Gasteiger partial charge in [0.1, 0.15) is 6.29 Å². The quantitative estimate of drug-likeness (QED) is 0.726. The van der Waals surface area contributed by atoms with E-state index >= 15 is 0 Å². The molecule has 2 atom stereocenters. The summed E-state index contributed by atoms with van der Waals surface area (Å²) in [4.78, 5) is 10.5. The van der Waals surface area contributed by atoms with E-state index in [-0.39, 0.29) is 5.92 Å². The second-order valence-electron chi connectivity index (χ2n) is 4.67. The Kier molecular flexibility index (Phi) is 3.87. The fourth-order valence-electron chi connectivity index (χ4n) is 2.70. The highest BCUT2D eigenvalue weighted by Gasteiger charge is 2.32. The molecule has 2 unspecified atom stereocenters. The van der Waals surface area contributed by atoms with Gasteiger partial charge in [0.2, 0.25) is 6.43 Å². The van der Waals surface area contributed by atoms with E-state index < -0.39 is 12.3 Å². The largest absolute Gasteiger partial charge is 0.298 e. The second-order valence-corrected chi connectivity index (χ2v) is 4.67. The topological polar surface area (TPSA) is 17.1 Å². The van der Waals surface area contributed by atoms with Crippen LogP contribution in [0.1, 0.15) is 47.5 Å². The van der Waals surface area contributed by atoms with Crippen LogP contribution in [0.2, 0.25) is 0 Å². The zero-order valence-electron chi connectivity index (χ0n) is 9.61. The first-order chi connectivity index (χ1) is 8.22. The molecular formula is C14H16F2O. The van der Waals surface area contributed by atoms with Crippen molar-refractivity contribution >= 4 is 6.29 Å². The van der Waals surface area contributed by atoms with E-state index in [1.54, 1.807) is 12.1 Å². The molecule has 0 radical (unpaired) electrons. The minimum atomic E-state index is -2.24. The molecule has 0 amide bonds. The molecule has 1 aliphatic rings. The SMILES string of the molecule is O=Cc1ccc(C2CCCCC2C(F)F)cc1. The number of carbonyl (C=O) groups excluding carboxylic acids is 1. The summed E-state index contributed by atoms with van der Waals surface area (Å²) in [7, 11) is 0. The molecule has 1 aromatic carbocycles. The molecule has 1 saturated carbocycles. The number of rotatable bonds is 3. The molecule has 1 aromatic rings. The third-order valence-electron chi connectivity index (χ3n) is 3.64. The van der Waals surface area contributed by atoms with Gasteiger partial charge >= 0.3 is 0 Å². The van der Waals surface area contributed by atoms with Crippen molar-refractivity contribution in [2.45, 2.75) is 38.0 Å². The van der Waals surface area contributed by atoms with Crippen LogP contribution in [0.4, 0.5) is 8.78 Å². The molecule has 0 spiro atoms. The van der Waals surface area contributed by atoms with Gasteiger partial charge in [-0.15, -0.1) is 0 Å².